The van der Waals surface area contributed by atoms with Crippen LogP contribution in [0.1, 0.15) is 25.0 Å². The van der Waals surface area contributed by atoms with Crippen LogP contribution < -0.4 is 5.32 Å². The van der Waals surface area contributed by atoms with Crippen molar-refractivity contribution in [1.29, 1.82) is 0 Å². The van der Waals surface area contributed by atoms with Crippen molar-refractivity contribution >= 4 is 28.5 Å². The lowest BCUT2D eigenvalue weighted by molar-refractivity contribution is 0.745. The Morgan fingerprint density at radius 3 is 2.50 bits per heavy atom. The van der Waals surface area contributed by atoms with Gasteiger partial charge in [0.05, 0.1) is 16.7 Å². The summed E-state index contributed by atoms with van der Waals surface area (Å²) in [6.07, 6.45) is 3.34. The van der Waals surface area contributed by atoms with Gasteiger partial charge in [-0.05, 0) is 31.9 Å². The SMILES string of the molecule is Cc1nc2ccccc2nc1NCCCCCCl. The Balaban J connectivity index is 2.01. The molecule has 0 saturated heterocycles. The molecule has 4 heteroatoms. The van der Waals surface area contributed by atoms with Gasteiger partial charge in [-0.25, -0.2) is 9.97 Å². The molecule has 0 atom stereocenters. The average Bonchev–Trinajstić information content (AvgIpc) is 2.39. The van der Waals surface area contributed by atoms with E-state index in [0.717, 1.165) is 54.2 Å². The molecule has 1 N–H and O–H groups in total. The van der Waals surface area contributed by atoms with E-state index in [1.807, 2.05) is 31.2 Å². The third-order valence-corrected chi connectivity index (χ3v) is 3.11. The molecule has 2 aromatic rings. The second kappa shape index (κ2) is 6.55. The van der Waals surface area contributed by atoms with Gasteiger partial charge in [0.25, 0.3) is 0 Å². The van der Waals surface area contributed by atoms with Crippen molar-refractivity contribution in [3.8, 4) is 0 Å². The summed E-state index contributed by atoms with van der Waals surface area (Å²) in [7, 11) is 0. The molecule has 1 heterocycles. The van der Waals surface area contributed by atoms with Gasteiger partial charge < -0.3 is 5.32 Å². The minimum atomic E-state index is 0.745. The summed E-state index contributed by atoms with van der Waals surface area (Å²) in [5, 5.41) is 3.35. The quantitative estimate of drug-likeness (QED) is 0.637. The fraction of sp³-hybridized carbons (Fsp3) is 0.429. The normalized spacial score (nSPS) is 10.8. The first-order valence-corrected chi connectivity index (χ1v) is 6.88. The maximum atomic E-state index is 5.65. The van der Waals surface area contributed by atoms with Crippen LogP contribution in [0.25, 0.3) is 11.0 Å². The Labute approximate surface area is 113 Å². The Hall–Kier alpha value is -1.35. The van der Waals surface area contributed by atoms with Crippen LogP contribution in [-0.4, -0.2) is 22.4 Å². The average molecular weight is 264 g/mol. The van der Waals surface area contributed by atoms with E-state index in [-0.39, 0.29) is 0 Å². The zero-order valence-corrected chi connectivity index (χ0v) is 11.4. The van der Waals surface area contributed by atoms with E-state index in [4.69, 9.17) is 11.6 Å². The van der Waals surface area contributed by atoms with Gasteiger partial charge in [-0.15, -0.1) is 11.6 Å². The van der Waals surface area contributed by atoms with Crippen molar-refractivity contribution < 1.29 is 0 Å². The van der Waals surface area contributed by atoms with Crippen molar-refractivity contribution in [1.82, 2.24) is 9.97 Å². The predicted octanol–water partition coefficient (Wildman–Crippen LogP) is 3.76. The lowest BCUT2D eigenvalue weighted by atomic mass is 10.2. The molecule has 0 saturated carbocycles. The largest absolute Gasteiger partial charge is 0.369 e. The smallest absolute Gasteiger partial charge is 0.148 e. The molecule has 0 aliphatic heterocycles. The highest BCUT2D eigenvalue weighted by atomic mass is 35.5. The van der Waals surface area contributed by atoms with Gasteiger partial charge in [0.15, 0.2) is 0 Å². The van der Waals surface area contributed by atoms with Crippen LogP contribution in [0, 0.1) is 6.92 Å². The van der Waals surface area contributed by atoms with Gasteiger partial charge in [0.1, 0.15) is 5.82 Å². The Morgan fingerprint density at radius 1 is 1.06 bits per heavy atom. The molecule has 96 valence electrons. The summed E-state index contributed by atoms with van der Waals surface area (Å²) >= 11 is 5.65. The molecule has 0 aliphatic rings. The van der Waals surface area contributed by atoms with Gasteiger partial charge in [0, 0.05) is 12.4 Å². The van der Waals surface area contributed by atoms with E-state index in [2.05, 4.69) is 15.3 Å². The van der Waals surface area contributed by atoms with Crippen LogP contribution in [0.4, 0.5) is 5.82 Å². The molecule has 0 radical (unpaired) electrons. The highest BCUT2D eigenvalue weighted by Crippen LogP contribution is 2.15. The summed E-state index contributed by atoms with van der Waals surface area (Å²) in [5.41, 5.74) is 2.83. The monoisotopic (exact) mass is 263 g/mol. The van der Waals surface area contributed by atoms with Gasteiger partial charge in [-0.2, -0.15) is 0 Å². The maximum absolute atomic E-state index is 5.65. The fourth-order valence-electron chi connectivity index (χ4n) is 1.86. The van der Waals surface area contributed by atoms with E-state index < -0.39 is 0 Å². The third-order valence-electron chi connectivity index (χ3n) is 2.85. The van der Waals surface area contributed by atoms with E-state index in [1.165, 1.54) is 0 Å². The molecule has 0 amide bonds. The number of unbranched alkanes of at least 4 members (excludes halogenated alkanes) is 2. The number of benzene rings is 1. The first kappa shape index (κ1) is 13.1. The van der Waals surface area contributed by atoms with Crippen LogP contribution in [0.3, 0.4) is 0 Å². The molecule has 1 aromatic carbocycles. The number of nitrogens with zero attached hydrogens (tertiary/aromatic N) is 2. The number of alkyl halides is 1. The van der Waals surface area contributed by atoms with E-state index in [0.29, 0.717) is 0 Å². The van der Waals surface area contributed by atoms with Crippen molar-refractivity contribution in [2.24, 2.45) is 0 Å². The zero-order valence-electron chi connectivity index (χ0n) is 10.6. The highest BCUT2D eigenvalue weighted by Gasteiger charge is 2.03. The Bertz CT molecular complexity index is 513. The van der Waals surface area contributed by atoms with Crippen LogP contribution in [0.5, 0.6) is 0 Å². The molecular weight excluding hydrogens is 246 g/mol. The summed E-state index contributed by atoms with van der Waals surface area (Å²) in [6, 6.07) is 7.94. The number of rotatable bonds is 6. The first-order chi connectivity index (χ1) is 8.81. The zero-order chi connectivity index (χ0) is 12.8. The van der Waals surface area contributed by atoms with Crippen LogP contribution in [0.2, 0.25) is 0 Å². The summed E-state index contributed by atoms with van der Waals surface area (Å²) in [4.78, 5) is 9.14. The number of hydrogen-bond donors (Lipinski definition) is 1. The Morgan fingerprint density at radius 2 is 1.78 bits per heavy atom. The number of fused-ring (bicyclic) bond motifs is 1. The molecule has 0 spiro atoms. The molecule has 0 bridgehead atoms. The van der Waals surface area contributed by atoms with Crippen molar-refractivity contribution in [3.63, 3.8) is 0 Å². The van der Waals surface area contributed by atoms with E-state index in [9.17, 15) is 0 Å². The number of para-hydroxylation sites is 2. The molecule has 0 unspecified atom stereocenters. The lowest BCUT2D eigenvalue weighted by Crippen LogP contribution is -2.06. The minimum Gasteiger partial charge on any atom is -0.369 e. The van der Waals surface area contributed by atoms with E-state index >= 15 is 0 Å². The van der Waals surface area contributed by atoms with Gasteiger partial charge >= 0.3 is 0 Å². The number of hydrogen-bond acceptors (Lipinski definition) is 3. The van der Waals surface area contributed by atoms with Gasteiger partial charge in [0.2, 0.25) is 0 Å². The topological polar surface area (TPSA) is 37.8 Å². The molecule has 1 aromatic heterocycles. The highest BCUT2D eigenvalue weighted by molar-refractivity contribution is 6.17. The third kappa shape index (κ3) is 3.33. The van der Waals surface area contributed by atoms with Crippen LogP contribution >= 0.6 is 11.6 Å². The number of aryl methyl sites for hydroxylation is 1. The number of nitrogens with one attached hydrogen (secondary N) is 1. The van der Waals surface area contributed by atoms with Crippen LogP contribution in [0.15, 0.2) is 24.3 Å². The first-order valence-electron chi connectivity index (χ1n) is 6.34. The predicted molar refractivity (Wildman–Crippen MR) is 77.3 cm³/mol. The maximum Gasteiger partial charge on any atom is 0.148 e. The minimum absolute atomic E-state index is 0.745. The Kier molecular flexibility index (Phi) is 4.76. The standard InChI is InChI=1S/C14H18ClN3/c1-11-14(16-10-6-2-5-9-15)18-13-8-4-3-7-12(13)17-11/h3-4,7-8H,2,5-6,9-10H2,1H3,(H,16,18). The second-order valence-electron chi connectivity index (χ2n) is 4.32. The molecule has 18 heavy (non-hydrogen) atoms. The molecule has 2 rings (SSSR count). The molecule has 0 aliphatic carbocycles. The lowest BCUT2D eigenvalue weighted by Gasteiger charge is -2.09. The number of halogens is 1. The fourth-order valence-corrected chi connectivity index (χ4v) is 2.05. The van der Waals surface area contributed by atoms with Crippen molar-refractivity contribution in [2.75, 3.05) is 17.7 Å². The van der Waals surface area contributed by atoms with Crippen molar-refractivity contribution in [3.05, 3.63) is 30.0 Å². The van der Waals surface area contributed by atoms with Crippen molar-refractivity contribution in [2.45, 2.75) is 26.2 Å². The molecule has 0 fully saturated rings. The summed E-state index contributed by atoms with van der Waals surface area (Å²) < 4.78 is 0. The van der Waals surface area contributed by atoms with E-state index in [1.54, 1.807) is 0 Å². The molecular formula is C14H18ClN3. The van der Waals surface area contributed by atoms with Crippen LogP contribution in [-0.2, 0) is 0 Å². The van der Waals surface area contributed by atoms with Gasteiger partial charge in [-0.1, -0.05) is 18.6 Å². The molecule has 3 nitrogen and oxygen atoms in total. The van der Waals surface area contributed by atoms with Gasteiger partial charge in [-0.3, -0.25) is 0 Å². The number of anilines is 1. The summed E-state index contributed by atoms with van der Waals surface area (Å²) in [5.74, 6) is 1.63. The second-order valence-corrected chi connectivity index (χ2v) is 4.70. The summed E-state index contributed by atoms with van der Waals surface area (Å²) in [6.45, 7) is 2.91. The number of aromatic nitrogens is 2.